The first kappa shape index (κ1) is 20.6. The molecule has 1 unspecified atom stereocenters. The summed E-state index contributed by atoms with van der Waals surface area (Å²) in [6.45, 7) is 11.9. The van der Waals surface area contributed by atoms with E-state index in [4.69, 9.17) is 13.8 Å². The molecule has 0 bridgehead atoms. The number of esters is 1. The van der Waals surface area contributed by atoms with Crippen LogP contribution in [0.2, 0.25) is 0 Å². The standard InChI is InChI=1S/C14H30NO5P/c1-7-18-14(16)13(10-11(4)5)15-12(6)21(17,19-8-2)20-9-3/h11-13,15H,7-10H2,1-6H3/t12?,13-/m0/s1. The normalized spacial score (nSPS) is 15.0. The van der Waals surface area contributed by atoms with E-state index in [0.29, 0.717) is 18.9 Å². The van der Waals surface area contributed by atoms with E-state index in [1.165, 1.54) is 0 Å². The highest BCUT2D eigenvalue weighted by Gasteiger charge is 2.35. The summed E-state index contributed by atoms with van der Waals surface area (Å²) in [4.78, 5) is 12.0. The second-order valence-corrected chi connectivity index (χ2v) is 7.52. The van der Waals surface area contributed by atoms with Crippen molar-refractivity contribution in [1.82, 2.24) is 5.32 Å². The van der Waals surface area contributed by atoms with Crippen LogP contribution in [0, 0.1) is 5.92 Å². The second kappa shape index (κ2) is 10.3. The average Bonchev–Trinajstić information content (AvgIpc) is 2.38. The lowest BCUT2D eigenvalue weighted by Crippen LogP contribution is -2.44. The van der Waals surface area contributed by atoms with Crippen LogP contribution in [0.1, 0.15) is 48.0 Å². The zero-order chi connectivity index (χ0) is 16.5. The van der Waals surface area contributed by atoms with Crippen molar-refractivity contribution in [3.05, 3.63) is 0 Å². The van der Waals surface area contributed by atoms with Crippen LogP contribution >= 0.6 is 7.60 Å². The fraction of sp³-hybridized carbons (Fsp3) is 0.929. The third-order valence-electron chi connectivity index (χ3n) is 2.81. The van der Waals surface area contributed by atoms with Crippen molar-refractivity contribution in [2.45, 2.75) is 59.8 Å². The lowest BCUT2D eigenvalue weighted by Gasteiger charge is -2.28. The molecule has 0 spiro atoms. The Morgan fingerprint density at radius 2 is 1.57 bits per heavy atom. The zero-order valence-electron chi connectivity index (χ0n) is 14.0. The third kappa shape index (κ3) is 7.41. The van der Waals surface area contributed by atoms with Gasteiger partial charge in [0.25, 0.3) is 0 Å². The molecule has 6 nitrogen and oxygen atoms in total. The Bertz CT molecular complexity index is 338. The van der Waals surface area contributed by atoms with E-state index in [0.717, 1.165) is 0 Å². The summed E-state index contributed by atoms with van der Waals surface area (Å²) in [5, 5.41) is 3.06. The Labute approximate surface area is 128 Å². The summed E-state index contributed by atoms with van der Waals surface area (Å²) in [6, 6.07) is -0.519. The quantitative estimate of drug-likeness (QED) is 0.465. The summed E-state index contributed by atoms with van der Waals surface area (Å²) in [5.74, 6) is -0.610. The molecule has 2 atom stereocenters. The molecule has 0 aliphatic heterocycles. The van der Waals surface area contributed by atoms with E-state index in [-0.39, 0.29) is 19.2 Å². The van der Waals surface area contributed by atoms with Crippen molar-refractivity contribution in [3.8, 4) is 0 Å². The molecule has 21 heavy (non-hydrogen) atoms. The molecule has 0 aromatic carbocycles. The molecular formula is C14H30NO5P. The van der Waals surface area contributed by atoms with Crippen molar-refractivity contribution < 1.29 is 23.1 Å². The number of nitrogens with one attached hydrogen (secondary N) is 1. The van der Waals surface area contributed by atoms with Gasteiger partial charge in [0.2, 0.25) is 0 Å². The molecule has 1 N–H and O–H groups in total. The zero-order valence-corrected chi connectivity index (χ0v) is 14.9. The first-order valence-corrected chi connectivity index (χ1v) is 9.23. The molecular weight excluding hydrogens is 293 g/mol. The molecule has 0 aliphatic rings. The van der Waals surface area contributed by atoms with Crippen molar-refractivity contribution in [2.24, 2.45) is 5.92 Å². The van der Waals surface area contributed by atoms with E-state index in [1.807, 2.05) is 13.8 Å². The lowest BCUT2D eigenvalue weighted by molar-refractivity contribution is -0.146. The Morgan fingerprint density at radius 1 is 1.05 bits per heavy atom. The van der Waals surface area contributed by atoms with Gasteiger partial charge in [0, 0.05) is 0 Å². The van der Waals surface area contributed by atoms with Crippen LogP contribution in [-0.4, -0.2) is 37.6 Å². The highest BCUT2D eigenvalue weighted by molar-refractivity contribution is 7.54. The van der Waals surface area contributed by atoms with Gasteiger partial charge in [-0.05, 0) is 40.0 Å². The van der Waals surface area contributed by atoms with Crippen molar-refractivity contribution >= 4 is 13.6 Å². The smallest absolute Gasteiger partial charge is 0.347 e. The second-order valence-electron chi connectivity index (χ2n) is 5.15. The minimum Gasteiger partial charge on any atom is -0.465 e. The Hall–Kier alpha value is -0.420. The molecule has 0 fully saturated rings. The first-order valence-electron chi connectivity index (χ1n) is 7.62. The van der Waals surface area contributed by atoms with E-state index in [2.05, 4.69) is 5.32 Å². The summed E-state index contributed by atoms with van der Waals surface area (Å²) in [5.41, 5.74) is 0. The summed E-state index contributed by atoms with van der Waals surface area (Å²) >= 11 is 0. The number of rotatable bonds is 11. The maximum absolute atomic E-state index is 12.7. The molecule has 0 amide bonds. The highest BCUT2D eigenvalue weighted by Crippen LogP contribution is 2.51. The molecule has 7 heteroatoms. The van der Waals surface area contributed by atoms with Gasteiger partial charge in [-0.25, -0.2) is 0 Å². The van der Waals surface area contributed by atoms with Crippen LogP contribution in [0.5, 0.6) is 0 Å². The number of ether oxygens (including phenoxy) is 1. The van der Waals surface area contributed by atoms with Crippen LogP contribution in [0.25, 0.3) is 0 Å². The molecule has 0 radical (unpaired) electrons. The van der Waals surface area contributed by atoms with Crippen LogP contribution < -0.4 is 5.32 Å². The van der Waals surface area contributed by atoms with E-state index < -0.39 is 19.4 Å². The highest BCUT2D eigenvalue weighted by atomic mass is 31.2. The van der Waals surface area contributed by atoms with Gasteiger partial charge >= 0.3 is 13.6 Å². The monoisotopic (exact) mass is 323 g/mol. The third-order valence-corrected chi connectivity index (χ3v) is 5.15. The topological polar surface area (TPSA) is 73.9 Å². The summed E-state index contributed by atoms with van der Waals surface area (Å²) in [7, 11) is -3.29. The van der Waals surface area contributed by atoms with Crippen LogP contribution in [0.3, 0.4) is 0 Å². The lowest BCUT2D eigenvalue weighted by atomic mass is 10.0. The number of carbonyl (C=O) groups is 1. The SMILES string of the molecule is CCOC(=O)[C@H](CC(C)C)NC(C)P(=O)(OCC)OCC. The molecule has 126 valence electrons. The van der Waals surface area contributed by atoms with Crippen LogP contribution in [-0.2, 0) is 23.1 Å². The summed E-state index contributed by atoms with van der Waals surface area (Å²) < 4.78 is 28.3. The Balaban J connectivity index is 4.94. The van der Waals surface area contributed by atoms with E-state index in [9.17, 15) is 9.36 Å². The number of hydrogen-bond donors (Lipinski definition) is 1. The Morgan fingerprint density at radius 3 is 1.95 bits per heavy atom. The van der Waals surface area contributed by atoms with Gasteiger partial charge in [0.15, 0.2) is 0 Å². The van der Waals surface area contributed by atoms with E-state index in [1.54, 1.807) is 27.7 Å². The van der Waals surface area contributed by atoms with Gasteiger partial charge < -0.3 is 13.8 Å². The first-order chi connectivity index (χ1) is 9.80. The molecule has 0 aromatic rings. The van der Waals surface area contributed by atoms with Gasteiger partial charge in [-0.15, -0.1) is 0 Å². The van der Waals surface area contributed by atoms with Crippen molar-refractivity contribution in [1.29, 1.82) is 0 Å². The van der Waals surface area contributed by atoms with Gasteiger partial charge in [-0.3, -0.25) is 14.7 Å². The van der Waals surface area contributed by atoms with E-state index >= 15 is 0 Å². The number of carbonyl (C=O) groups excluding carboxylic acids is 1. The fourth-order valence-electron chi connectivity index (χ4n) is 1.95. The van der Waals surface area contributed by atoms with Gasteiger partial charge in [-0.2, -0.15) is 0 Å². The Kier molecular flexibility index (Phi) is 10.1. The largest absolute Gasteiger partial charge is 0.465 e. The molecule has 0 aromatic heterocycles. The average molecular weight is 323 g/mol. The molecule has 0 heterocycles. The molecule has 0 saturated carbocycles. The van der Waals surface area contributed by atoms with Crippen LogP contribution in [0.15, 0.2) is 0 Å². The van der Waals surface area contributed by atoms with Gasteiger partial charge in [0.1, 0.15) is 11.8 Å². The summed E-state index contributed by atoms with van der Waals surface area (Å²) in [6.07, 6.45) is 0.599. The minimum absolute atomic E-state index is 0.289. The van der Waals surface area contributed by atoms with Crippen molar-refractivity contribution in [2.75, 3.05) is 19.8 Å². The predicted molar refractivity (Wildman–Crippen MR) is 83.3 cm³/mol. The predicted octanol–water partition coefficient (Wildman–Crippen LogP) is 3.17. The van der Waals surface area contributed by atoms with Crippen LogP contribution in [0.4, 0.5) is 0 Å². The van der Waals surface area contributed by atoms with Crippen molar-refractivity contribution in [3.63, 3.8) is 0 Å². The molecule has 0 saturated heterocycles. The number of hydrogen-bond acceptors (Lipinski definition) is 6. The maximum atomic E-state index is 12.7. The fourth-order valence-corrected chi connectivity index (χ4v) is 3.55. The molecule has 0 rings (SSSR count). The van der Waals surface area contributed by atoms with Gasteiger partial charge in [-0.1, -0.05) is 13.8 Å². The molecule has 0 aliphatic carbocycles. The van der Waals surface area contributed by atoms with Gasteiger partial charge in [0.05, 0.1) is 19.8 Å². The maximum Gasteiger partial charge on any atom is 0.347 e. The minimum atomic E-state index is -3.29.